The lowest BCUT2D eigenvalue weighted by Gasteiger charge is -2.39. The second-order valence-electron chi connectivity index (χ2n) is 7.56. The van der Waals surface area contributed by atoms with E-state index in [-0.39, 0.29) is 0 Å². The van der Waals surface area contributed by atoms with E-state index in [9.17, 15) is 0 Å². The normalized spacial score (nSPS) is 28.3. The first-order valence-electron chi connectivity index (χ1n) is 8.01. The molecule has 19 heavy (non-hydrogen) atoms. The van der Waals surface area contributed by atoms with Crippen LogP contribution in [0.25, 0.3) is 0 Å². The second-order valence-corrected chi connectivity index (χ2v) is 7.56. The van der Waals surface area contributed by atoms with Gasteiger partial charge in [0.15, 0.2) is 0 Å². The van der Waals surface area contributed by atoms with Crippen molar-refractivity contribution >= 4 is 0 Å². The van der Waals surface area contributed by atoms with Gasteiger partial charge in [0, 0.05) is 26.3 Å². The van der Waals surface area contributed by atoms with Crippen molar-refractivity contribution in [3.8, 4) is 0 Å². The fourth-order valence-corrected chi connectivity index (χ4v) is 3.39. The third-order valence-electron chi connectivity index (χ3n) is 5.23. The summed E-state index contributed by atoms with van der Waals surface area (Å²) >= 11 is 0. The summed E-state index contributed by atoms with van der Waals surface area (Å²) in [4.78, 5) is 0. The average molecular weight is 268 g/mol. The van der Waals surface area contributed by atoms with Gasteiger partial charge < -0.3 is 15.4 Å². The van der Waals surface area contributed by atoms with Crippen LogP contribution in [-0.2, 0) is 4.74 Å². The Bertz CT molecular complexity index is 266. The SMILES string of the molecule is CC1(CNCC(C)(C)C2CCCNC2)CCOCC1. The Kier molecular flexibility index (Phi) is 5.27. The second kappa shape index (κ2) is 6.55. The van der Waals surface area contributed by atoms with E-state index < -0.39 is 0 Å². The van der Waals surface area contributed by atoms with Gasteiger partial charge in [0.2, 0.25) is 0 Å². The maximum absolute atomic E-state index is 5.47. The lowest BCUT2D eigenvalue weighted by molar-refractivity contribution is 0.0221. The molecule has 3 nitrogen and oxygen atoms in total. The van der Waals surface area contributed by atoms with Gasteiger partial charge in [-0.15, -0.1) is 0 Å². The number of nitrogens with one attached hydrogen (secondary N) is 2. The molecule has 2 aliphatic heterocycles. The van der Waals surface area contributed by atoms with Crippen LogP contribution < -0.4 is 10.6 Å². The Morgan fingerprint density at radius 3 is 2.68 bits per heavy atom. The molecule has 0 radical (unpaired) electrons. The molecule has 2 rings (SSSR count). The number of rotatable bonds is 5. The summed E-state index contributed by atoms with van der Waals surface area (Å²) in [6.45, 7) is 13.8. The van der Waals surface area contributed by atoms with Crippen molar-refractivity contribution in [2.45, 2.75) is 46.5 Å². The van der Waals surface area contributed by atoms with Gasteiger partial charge in [-0.25, -0.2) is 0 Å². The van der Waals surface area contributed by atoms with E-state index in [1.807, 2.05) is 0 Å². The molecule has 0 spiro atoms. The van der Waals surface area contributed by atoms with Gasteiger partial charge >= 0.3 is 0 Å². The van der Waals surface area contributed by atoms with E-state index >= 15 is 0 Å². The zero-order valence-corrected chi connectivity index (χ0v) is 13.1. The molecule has 2 aliphatic rings. The molecule has 1 unspecified atom stereocenters. The number of hydrogen-bond donors (Lipinski definition) is 2. The van der Waals surface area contributed by atoms with Crippen molar-refractivity contribution in [3.05, 3.63) is 0 Å². The summed E-state index contributed by atoms with van der Waals surface area (Å²) in [7, 11) is 0. The molecule has 2 N–H and O–H groups in total. The third kappa shape index (κ3) is 4.44. The molecule has 2 saturated heterocycles. The van der Waals surface area contributed by atoms with E-state index in [1.165, 1.54) is 38.8 Å². The van der Waals surface area contributed by atoms with E-state index in [2.05, 4.69) is 31.4 Å². The van der Waals surface area contributed by atoms with Crippen LogP contribution in [0, 0.1) is 16.7 Å². The smallest absolute Gasteiger partial charge is 0.0471 e. The Hall–Kier alpha value is -0.120. The van der Waals surface area contributed by atoms with Gasteiger partial charge in [-0.05, 0) is 55.5 Å². The molecule has 0 bridgehead atoms. The van der Waals surface area contributed by atoms with Crippen molar-refractivity contribution in [3.63, 3.8) is 0 Å². The van der Waals surface area contributed by atoms with Crippen LogP contribution in [0.15, 0.2) is 0 Å². The first-order valence-corrected chi connectivity index (χ1v) is 8.01. The molecule has 3 heteroatoms. The van der Waals surface area contributed by atoms with Gasteiger partial charge in [0.25, 0.3) is 0 Å². The van der Waals surface area contributed by atoms with E-state index in [4.69, 9.17) is 4.74 Å². The minimum atomic E-state index is 0.398. The molecular formula is C16H32N2O. The van der Waals surface area contributed by atoms with Crippen LogP contribution >= 0.6 is 0 Å². The van der Waals surface area contributed by atoms with Crippen molar-refractivity contribution in [2.24, 2.45) is 16.7 Å². The molecule has 112 valence electrons. The topological polar surface area (TPSA) is 33.3 Å². The maximum atomic E-state index is 5.47. The quantitative estimate of drug-likeness (QED) is 0.803. The molecule has 0 amide bonds. The summed E-state index contributed by atoms with van der Waals surface area (Å²) in [5.74, 6) is 0.816. The maximum Gasteiger partial charge on any atom is 0.0471 e. The van der Waals surface area contributed by atoms with Gasteiger partial charge in [0.1, 0.15) is 0 Å². The molecule has 0 aromatic carbocycles. The number of hydrogen-bond acceptors (Lipinski definition) is 3. The summed E-state index contributed by atoms with van der Waals surface area (Å²) in [5, 5.41) is 7.29. The fourth-order valence-electron chi connectivity index (χ4n) is 3.39. The Morgan fingerprint density at radius 1 is 1.32 bits per heavy atom. The van der Waals surface area contributed by atoms with Gasteiger partial charge in [0.05, 0.1) is 0 Å². The minimum absolute atomic E-state index is 0.398. The molecule has 2 fully saturated rings. The lowest BCUT2D eigenvalue weighted by Crippen LogP contribution is -2.46. The van der Waals surface area contributed by atoms with Crippen molar-refractivity contribution in [2.75, 3.05) is 39.4 Å². The molecule has 1 atom stereocenters. The highest BCUT2D eigenvalue weighted by Gasteiger charge is 2.32. The third-order valence-corrected chi connectivity index (χ3v) is 5.23. The Morgan fingerprint density at radius 2 is 2.05 bits per heavy atom. The summed E-state index contributed by atoms with van der Waals surface area (Å²) in [6.07, 6.45) is 5.12. The first kappa shape index (κ1) is 15.3. The highest BCUT2D eigenvalue weighted by atomic mass is 16.5. The van der Waals surface area contributed by atoms with Crippen LogP contribution in [0.3, 0.4) is 0 Å². The largest absolute Gasteiger partial charge is 0.381 e. The van der Waals surface area contributed by atoms with Crippen molar-refractivity contribution in [1.29, 1.82) is 0 Å². The lowest BCUT2D eigenvalue weighted by atomic mass is 9.74. The predicted octanol–water partition coefficient (Wildman–Crippen LogP) is 2.42. The van der Waals surface area contributed by atoms with E-state index in [0.717, 1.165) is 32.2 Å². The van der Waals surface area contributed by atoms with Crippen molar-refractivity contribution < 1.29 is 4.74 Å². The minimum Gasteiger partial charge on any atom is -0.381 e. The van der Waals surface area contributed by atoms with Crippen LogP contribution in [0.5, 0.6) is 0 Å². The standard InChI is InChI=1S/C16H32N2O/c1-15(2,14-5-4-8-17-11-14)12-18-13-16(3)6-9-19-10-7-16/h14,17-18H,4-13H2,1-3H3. The Labute approximate surface area is 118 Å². The van der Waals surface area contributed by atoms with Crippen molar-refractivity contribution in [1.82, 2.24) is 10.6 Å². The summed E-state index contributed by atoms with van der Waals surface area (Å²) in [5.41, 5.74) is 0.841. The van der Waals surface area contributed by atoms with Crippen LogP contribution in [0.1, 0.15) is 46.5 Å². The van der Waals surface area contributed by atoms with Crippen LogP contribution in [0.2, 0.25) is 0 Å². The van der Waals surface area contributed by atoms with Gasteiger partial charge in [-0.2, -0.15) is 0 Å². The van der Waals surface area contributed by atoms with E-state index in [1.54, 1.807) is 0 Å². The highest BCUT2D eigenvalue weighted by Crippen LogP contribution is 2.32. The summed E-state index contributed by atoms with van der Waals surface area (Å²) in [6, 6.07) is 0. The monoisotopic (exact) mass is 268 g/mol. The van der Waals surface area contributed by atoms with Gasteiger partial charge in [-0.1, -0.05) is 20.8 Å². The summed E-state index contributed by atoms with van der Waals surface area (Å²) < 4.78 is 5.47. The molecule has 2 heterocycles. The Balaban J connectivity index is 1.74. The number of ether oxygens (including phenoxy) is 1. The molecule has 0 aromatic rings. The predicted molar refractivity (Wildman–Crippen MR) is 80.4 cm³/mol. The molecule has 0 aliphatic carbocycles. The van der Waals surface area contributed by atoms with E-state index in [0.29, 0.717) is 10.8 Å². The average Bonchev–Trinajstić information content (AvgIpc) is 2.40. The zero-order chi connectivity index (χ0) is 13.8. The fraction of sp³-hybridized carbons (Fsp3) is 1.00. The van der Waals surface area contributed by atoms with Crippen LogP contribution in [-0.4, -0.2) is 39.4 Å². The zero-order valence-electron chi connectivity index (χ0n) is 13.1. The van der Waals surface area contributed by atoms with Gasteiger partial charge in [-0.3, -0.25) is 0 Å². The first-order chi connectivity index (χ1) is 9.02. The van der Waals surface area contributed by atoms with Crippen LogP contribution in [0.4, 0.5) is 0 Å². The number of piperidine rings is 1. The highest BCUT2D eigenvalue weighted by molar-refractivity contribution is 4.86. The molecular weight excluding hydrogens is 236 g/mol. The molecule has 0 saturated carbocycles. The molecule has 0 aromatic heterocycles.